The third kappa shape index (κ3) is 4.76. The molecule has 0 amide bonds. The lowest BCUT2D eigenvalue weighted by Gasteiger charge is -2.33. The fraction of sp³-hybridized carbons (Fsp3) is 1.00. The van der Waals surface area contributed by atoms with Crippen LogP contribution in [0.15, 0.2) is 0 Å². The number of aliphatic hydroxyl groups is 1. The van der Waals surface area contributed by atoms with Crippen molar-refractivity contribution in [3.63, 3.8) is 0 Å². The van der Waals surface area contributed by atoms with Gasteiger partial charge in [0.15, 0.2) is 0 Å². The topological polar surface area (TPSA) is 20.2 Å². The van der Waals surface area contributed by atoms with E-state index in [1.165, 1.54) is 0 Å². The van der Waals surface area contributed by atoms with Gasteiger partial charge in [0, 0.05) is 0 Å². The average Bonchev–Trinajstić information content (AvgIpc) is 1.84. The van der Waals surface area contributed by atoms with Gasteiger partial charge in [-0.1, -0.05) is 41.0 Å². The van der Waals surface area contributed by atoms with Crippen LogP contribution in [0, 0.1) is 5.41 Å². The third-order valence-electron chi connectivity index (χ3n) is 2.23. The fourth-order valence-corrected chi connectivity index (χ4v) is 1.84. The molecule has 0 bridgehead atoms. The van der Waals surface area contributed by atoms with Crippen LogP contribution in [-0.4, -0.2) is 10.7 Å². The smallest absolute Gasteiger partial charge is 0.0650 e. The quantitative estimate of drug-likeness (QED) is 0.689. The first kappa shape index (κ1) is 12.0. The van der Waals surface area contributed by atoms with Crippen LogP contribution in [0.1, 0.15) is 60.3 Å². The summed E-state index contributed by atoms with van der Waals surface area (Å²) < 4.78 is 0. The maximum atomic E-state index is 10.2. The minimum absolute atomic E-state index is 0.236. The standard InChI is InChI=1S/C11H24O/c1-6-8-11(12,7-2)9-10(3,4)5/h12H,6-9H2,1-5H3. The molecule has 0 fully saturated rings. The van der Waals surface area contributed by atoms with Gasteiger partial charge in [0.05, 0.1) is 5.60 Å². The zero-order valence-electron chi connectivity index (χ0n) is 9.28. The van der Waals surface area contributed by atoms with Crippen molar-refractivity contribution in [3.05, 3.63) is 0 Å². The molecule has 12 heavy (non-hydrogen) atoms. The zero-order valence-corrected chi connectivity index (χ0v) is 9.28. The van der Waals surface area contributed by atoms with Gasteiger partial charge in [-0.25, -0.2) is 0 Å². The number of hydrogen-bond acceptors (Lipinski definition) is 1. The van der Waals surface area contributed by atoms with Gasteiger partial charge in [0.2, 0.25) is 0 Å². The Morgan fingerprint density at radius 1 is 1.08 bits per heavy atom. The van der Waals surface area contributed by atoms with Crippen LogP contribution in [0.2, 0.25) is 0 Å². The normalized spacial score (nSPS) is 17.5. The zero-order chi connectivity index (χ0) is 9.83. The van der Waals surface area contributed by atoms with Gasteiger partial charge in [0.25, 0.3) is 0 Å². The van der Waals surface area contributed by atoms with Crippen LogP contribution in [0.5, 0.6) is 0 Å². The molecular formula is C11H24O. The summed E-state index contributed by atoms with van der Waals surface area (Å²) >= 11 is 0. The van der Waals surface area contributed by atoms with E-state index in [0.717, 1.165) is 25.7 Å². The van der Waals surface area contributed by atoms with Gasteiger partial charge in [0.1, 0.15) is 0 Å². The van der Waals surface area contributed by atoms with Gasteiger partial charge in [-0.3, -0.25) is 0 Å². The molecular weight excluding hydrogens is 148 g/mol. The molecule has 1 heteroatoms. The molecule has 1 nitrogen and oxygen atoms in total. The van der Waals surface area contributed by atoms with Crippen LogP contribution < -0.4 is 0 Å². The van der Waals surface area contributed by atoms with Gasteiger partial charge in [-0.2, -0.15) is 0 Å². The maximum absolute atomic E-state index is 10.2. The van der Waals surface area contributed by atoms with Crippen molar-refractivity contribution in [1.29, 1.82) is 0 Å². The summed E-state index contributed by atoms with van der Waals surface area (Å²) in [6.45, 7) is 10.8. The largest absolute Gasteiger partial charge is 0.390 e. The first-order chi connectivity index (χ1) is 5.33. The highest BCUT2D eigenvalue weighted by molar-refractivity contribution is 4.81. The second-order valence-corrected chi connectivity index (χ2v) is 5.07. The van der Waals surface area contributed by atoms with E-state index in [-0.39, 0.29) is 5.41 Å². The summed E-state index contributed by atoms with van der Waals surface area (Å²) in [6, 6.07) is 0. The van der Waals surface area contributed by atoms with Crippen molar-refractivity contribution in [2.24, 2.45) is 5.41 Å². The molecule has 0 aromatic rings. The second-order valence-electron chi connectivity index (χ2n) is 5.07. The molecule has 1 N–H and O–H groups in total. The van der Waals surface area contributed by atoms with E-state index in [4.69, 9.17) is 0 Å². The first-order valence-electron chi connectivity index (χ1n) is 5.05. The summed E-state index contributed by atoms with van der Waals surface area (Å²) in [5.41, 5.74) is -0.188. The molecule has 0 aliphatic rings. The molecule has 0 aromatic carbocycles. The van der Waals surface area contributed by atoms with Crippen molar-refractivity contribution in [1.82, 2.24) is 0 Å². The fourth-order valence-electron chi connectivity index (χ4n) is 1.84. The molecule has 0 saturated heterocycles. The van der Waals surface area contributed by atoms with Crippen LogP contribution in [0.3, 0.4) is 0 Å². The minimum Gasteiger partial charge on any atom is -0.390 e. The SMILES string of the molecule is CCCC(O)(CC)CC(C)(C)C. The molecule has 0 saturated carbocycles. The second kappa shape index (κ2) is 4.27. The van der Waals surface area contributed by atoms with E-state index in [1.807, 2.05) is 0 Å². The molecule has 0 spiro atoms. The van der Waals surface area contributed by atoms with Crippen LogP contribution >= 0.6 is 0 Å². The Kier molecular flexibility index (Phi) is 4.25. The van der Waals surface area contributed by atoms with Gasteiger partial charge in [-0.15, -0.1) is 0 Å². The summed E-state index contributed by atoms with van der Waals surface area (Å²) in [4.78, 5) is 0. The molecule has 0 aliphatic carbocycles. The van der Waals surface area contributed by atoms with E-state index in [1.54, 1.807) is 0 Å². The molecule has 0 aliphatic heterocycles. The van der Waals surface area contributed by atoms with Crippen molar-refractivity contribution in [2.75, 3.05) is 0 Å². The van der Waals surface area contributed by atoms with Gasteiger partial charge in [-0.05, 0) is 24.7 Å². The molecule has 0 aromatic heterocycles. The molecule has 1 atom stereocenters. The van der Waals surface area contributed by atoms with Crippen molar-refractivity contribution >= 4 is 0 Å². The molecule has 0 rings (SSSR count). The van der Waals surface area contributed by atoms with E-state index < -0.39 is 5.60 Å². The first-order valence-corrected chi connectivity index (χ1v) is 5.05. The van der Waals surface area contributed by atoms with Crippen molar-refractivity contribution in [2.45, 2.75) is 65.9 Å². The lowest BCUT2D eigenvalue weighted by Crippen LogP contribution is -2.32. The van der Waals surface area contributed by atoms with Crippen LogP contribution in [0.25, 0.3) is 0 Å². The number of rotatable bonds is 4. The predicted octanol–water partition coefficient (Wildman–Crippen LogP) is 3.36. The lowest BCUT2D eigenvalue weighted by molar-refractivity contribution is -0.00989. The molecule has 0 heterocycles. The highest BCUT2D eigenvalue weighted by atomic mass is 16.3. The summed E-state index contributed by atoms with van der Waals surface area (Å²) in [7, 11) is 0. The van der Waals surface area contributed by atoms with Crippen LogP contribution in [-0.2, 0) is 0 Å². The highest BCUT2D eigenvalue weighted by Crippen LogP contribution is 2.32. The monoisotopic (exact) mass is 172 g/mol. The molecule has 1 unspecified atom stereocenters. The molecule has 74 valence electrons. The predicted molar refractivity (Wildman–Crippen MR) is 54.2 cm³/mol. The lowest BCUT2D eigenvalue weighted by atomic mass is 9.78. The minimum atomic E-state index is -0.424. The van der Waals surface area contributed by atoms with Gasteiger partial charge < -0.3 is 5.11 Å². The Bertz CT molecular complexity index is 123. The summed E-state index contributed by atoms with van der Waals surface area (Å²) in [5.74, 6) is 0. The summed E-state index contributed by atoms with van der Waals surface area (Å²) in [5, 5.41) is 10.2. The third-order valence-corrected chi connectivity index (χ3v) is 2.23. The Balaban J connectivity index is 4.14. The Labute approximate surface area is 77.2 Å². The van der Waals surface area contributed by atoms with E-state index in [9.17, 15) is 5.11 Å². The van der Waals surface area contributed by atoms with Gasteiger partial charge >= 0.3 is 0 Å². The Morgan fingerprint density at radius 3 is 1.83 bits per heavy atom. The van der Waals surface area contributed by atoms with Crippen molar-refractivity contribution < 1.29 is 5.11 Å². The summed E-state index contributed by atoms with van der Waals surface area (Å²) in [6.07, 6.45) is 3.78. The van der Waals surface area contributed by atoms with E-state index in [2.05, 4.69) is 34.6 Å². The van der Waals surface area contributed by atoms with E-state index >= 15 is 0 Å². The number of hydrogen-bond donors (Lipinski definition) is 1. The average molecular weight is 172 g/mol. The Hall–Kier alpha value is -0.0400. The maximum Gasteiger partial charge on any atom is 0.0650 e. The van der Waals surface area contributed by atoms with Crippen molar-refractivity contribution in [3.8, 4) is 0 Å². The Morgan fingerprint density at radius 2 is 1.58 bits per heavy atom. The van der Waals surface area contributed by atoms with Crippen LogP contribution in [0.4, 0.5) is 0 Å². The highest BCUT2D eigenvalue weighted by Gasteiger charge is 2.29. The molecule has 0 radical (unpaired) electrons. The van der Waals surface area contributed by atoms with E-state index in [0.29, 0.717) is 0 Å².